The van der Waals surface area contributed by atoms with Gasteiger partial charge in [-0.1, -0.05) is 152 Å². The van der Waals surface area contributed by atoms with E-state index in [0.717, 1.165) is 6.54 Å². The highest BCUT2D eigenvalue weighted by atomic mass is 31.1. The molecule has 0 radical (unpaired) electrons. The first kappa shape index (κ1) is 25.1. The Balaban J connectivity index is 1.60. The molecule has 0 aliphatic carbocycles. The van der Waals surface area contributed by atoms with Crippen molar-refractivity contribution in [3.05, 3.63) is 168 Å². The predicted octanol–water partition coefficient (Wildman–Crippen LogP) is 7.67. The third-order valence-electron chi connectivity index (χ3n) is 6.51. The molecule has 184 valence electrons. The van der Waals surface area contributed by atoms with Crippen molar-refractivity contribution in [2.45, 2.75) is 18.7 Å². The summed E-state index contributed by atoms with van der Waals surface area (Å²) in [4.78, 5) is 2.42. The van der Waals surface area contributed by atoms with Crippen molar-refractivity contribution < 1.29 is 4.52 Å². The van der Waals surface area contributed by atoms with Crippen molar-refractivity contribution in [3.63, 3.8) is 0 Å². The van der Waals surface area contributed by atoms with Gasteiger partial charge in [0.05, 0.1) is 14.2 Å². The smallest absolute Gasteiger partial charge is 0.107 e. The van der Waals surface area contributed by atoms with Crippen LogP contribution in [0.2, 0.25) is 0 Å². The first-order valence-electron chi connectivity index (χ1n) is 12.7. The summed E-state index contributed by atoms with van der Waals surface area (Å²) in [7, 11) is 1.16. The molecule has 0 bridgehead atoms. The predicted molar refractivity (Wildman–Crippen MR) is 156 cm³/mol. The van der Waals surface area contributed by atoms with Crippen LogP contribution < -0.4 is 10.6 Å². The third-order valence-corrected chi connectivity index (χ3v) is 8.48. The van der Waals surface area contributed by atoms with E-state index in [-0.39, 0.29) is 12.1 Å². The van der Waals surface area contributed by atoms with Crippen molar-refractivity contribution in [2.24, 2.45) is 0 Å². The SMILES string of the molecule is CN(Cc1ccccc1)[C@@H](c1ccccc1)[C@H](OP(c1ccccc1)c1ccccc1)c1ccccc1. The molecule has 2 nitrogen and oxygen atoms in total. The van der Waals surface area contributed by atoms with Crippen molar-refractivity contribution in [1.82, 2.24) is 4.90 Å². The molecule has 0 spiro atoms. The Morgan fingerprint density at radius 1 is 0.541 bits per heavy atom. The van der Waals surface area contributed by atoms with E-state index in [1.165, 1.54) is 27.3 Å². The van der Waals surface area contributed by atoms with Gasteiger partial charge < -0.3 is 4.52 Å². The van der Waals surface area contributed by atoms with Gasteiger partial charge in [-0.2, -0.15) is 0 Å². The van der Waals surface area contributed by atoms with Crippen LogP contribution in [0.4, 0.5) is 0 Å². The molecular formula is C34H32NOP. The molecule has 0 N–H and O–H groups in total. The summed E-state index contributed by atoms with van der Waals surface area (Å²) in [5.41, 5.74) is 3.70. The van der Waals surface area contributed by atoms with E-state index in [1.54, 1.807) is 0 Å². The summed E-state index contributed by atoms with van der Waals surface area (Å²) in [6, 6.07) is 53.4. The van der Waals surface area contributed by atoms with Crippen molar-refractivity contribution in [3.8, 4) is 0 Å². The fourth-order valence-electron chi connectivity index (χ4n) is 4.74. The molecule has 0 aromatic heterocycles. The number of likely N-dealkylation sites (N-methyl/N-ethyl adjacent to an activating group) is 1. The van der Waals surface area contributed by atoms with Crippen LogP contribution in [0.3, 0.4) is 0 Å². The Morgan fingerprint density at radius 3 is 1.43 bits per heavy atom. The highest BCUT2D eigenvalue weighted by molar-refractivity contribution is 7.68. The number of benzene rings is 5. The van der Waals surface area contributed by atoms with Gasteiger partial charge in [0.25, 0.3) is 0 Å². The molecular weight excluding hydrogens is 469 g/mol. The van der Waals surface area contributed by atoms with Crippen LogP contribution in [0, 0.1) is 0 Å². The van der Waals surface area contributed by atoms with Gasteiger partial charge in [-0.25, -0.2) is 0 Å². The molecule has 5 aromatic carbocycles. The van der Waals surface area contributed by atoms with E-state index in [0.29, 0.717) is 0 Å². The van der Waals surface area contributed by atoms with E-state index in [9.17, 15) is 0 Å². The molecule has 0 heterocycles. The van der Waals surface area contributed by atoms with Crippen LogP contribution in [0.5, 0.6) is 0 Å². The summed E-state index contributed by atoms with van der Waals surface area (Å²) < 4.78 is 7.31. The summed E-state index contributed by atoms with van der Waals surface area (Å²) in [6.45, 7) is 0.821. The van der Waals surface area contributed by atoms with Crippen LogP contribution in [0.25, 0.3) is 0 Å². The van der Waals surface area contributed by atoms with Gasteiger partial charge in [0.15, 0.2) is 0 Å². The van der Waals surface area contributed by atoms with E-state index >= 15 is 0 Å². The fraction of sp³-hybridized carbons (Fsp3) is 0.118. The van der Waals surface area contributed by atoms with Gasteiger partial charge in [-0.15, -0.1) is 0 Å². The molecule has 37 heavy (non-hydrogen) atoms. The van der Waals surface area contributed by atoms with Crippen LogP contribution in [0.15, 0.2) is 152 Å². The zero-order chi connectivity index (χ0) is 25.3. The number of hydrogen-bond acceptors (Lipinski definition) is 2. The molecule has 5 aromatic rings. The normalized spacial score (nSPS) is 12.9. The molecule has 0 aliphatic heterocycles. The largest absolute Gasteiger partial charge is 0.340 e. The van der Waals surface area contributed by atoms with Gasteiger partial charge in [-0.05, 0) is 23.7 Å². The van der Waals surface area contributed by atoms with Crippen LogP contribution in [-0.2, 0) is 11.1 Å². The highest BCUT2D eigenvalue weighted by Gasteiger charge is 2.32. The Kier molecular flexibility index (Phi) is 8.56. The molecule has 0 unspecified atom stereocenters. The standard InChI is InChI=1S/C34H32NOP/c1-35(27-28-17-7-2-8-18-28)33(29-19-9-3-10-20-29)34(30-21-11-4-12-22-30)36-37(31-23-13-5-14-24-31)32-25-15-6-16-26-32/h2-26,33-34H,27H2,1H3/t33-,34+/m0/s1. The van der Waals surface area contributed by atoms with Gasteiger partial charge in [0.2, 0.25) is 0 Å². The average Bonchev–Trinajstić information content (AvgIpc) is 2.97. The van der Waals surface area contributed by atoms with Crippen molar-refractivity contribution in [2.75, 3.05) is 7.05 Å². The summed E-state index contributed by atoms with van der Waals surface area (Å²) >= 11 is 0. The maximum Gasteiger partial charge on any atom is 0.107 e. The van der Waals surface area contributed by atoms with Crippen molar-refractivity contribution in [1.29, 1.82) is 0 Å². The minimum absolute atomic E-state index is 0.0150. The average molecular weight is 502 g/mol. The Hall–Kier alpha value is -3.55. The molecule has 0 aliphatic rings. The van der Waals surface area contributed by atoms with Gasteiger partial charge in [0, 0.05) is 17.2 Å². The minimum atomic E-state index is -1.05. The number of hydrogen-bond donors (Lipinski definition) is 0. The van der Waals surface area contributed by atoms with E-state index in [4.69, 9.17) is 4.52 Å². The second kappa shape index (κ2) is 12.6. The molecule has 2 atom stereocenters. The van der Waals surface area contributed by atoms with Gasteiger partial charge in [-0.3, -0.25) is 4.90 Å². The molecule has 5 rings (SSSR count). The van der Waals surface area contributed by atoms with E-state index in [1.807, 2.05) is 0 Å². The van der Waals surface area contributed by atoms with Crippen molar-refractivity contribution >= 4 is 18.8 Å². The van der Waals surface area contributed by atoms with Gasteiger partial charge >= 0.3 is 0 Å². The number of rotatable bonds is 10. The first-order valence-corrected chi connectivity index (χ1v) is 14.0. The molecule has 0 amide bonds. The maximum atomic E-state index is 7.31. The van der Waals surface area contributed by atoms with E-state index < -0.39 is 8.15 Å². The first-order chi connectivity index (χ1) is 18.3. The monoisotopic (exact) mass is 501 g/mol. The van der Waals surface area contributed by atoms with E-state index in [2.05, 4.69) is 164 Å². The maximum absolute atomic E-state index is 7.31. The van der Waals surface area contributed by atoms with Gasteiger partial charge in [0.1, 0.15) is 6.10 Å². The quantitative estimate of drug-likeness (QED) is 0.182. The molecule has 3 heteroatoms. The lowest BCUT2D eigenvalue weighted by atomic mass is 9.94. The lowest BCUT2D eigenvalue weighted by Gasteiger charge is -2.37. The zero-order valence-corrected chi connectivity index (χ0v) is 22.0. The Labute approximate surface area is 222 Å². The minimum Gasteiger partial charge on any atom is -0.340 e. The third kappa shape index (κ3) is 6.42. The molecule has 0 saturated carbocycles. The summed E-state index contributed by atoms with van der Waals surface area (Å²) in [5.74, 6) is 0. The van der Waals surface area contributed by atoms with Crippen LogP contribution in [0.1, 0.15) is 28.8 Å². The fourth-order valence-corrected chi connectivity index (χ4v) is 6.63. The Morgan fingerprint density at radius 2 is 0.946 bits per heavy atom. The lowest BCUT2D eigenvalue weighted by Crippen LogP contribution is -2.31. The summed E-state index contributed by atoms with van der Waals surface area (Å²) in [5, 5.41) is 2.42. The number of nitrogens with zero attached hydrogens (tertiary/aromatic N) is 1. The molecule has 0 saturated heterocycles. The topological polar surface area (TPSA) is 12.5 Å². The zero-order valence-electron chi connectivity index (χ0n) is 21.1. The second-order valence-electron chi connectivity index (χ2n) is 9.16. The second-order valence-corrected chi connectivity index (χ2v) is 11.0. The Bertz CT molecular complexity index is 1290. The summed E-state index contributed by atoms with van der Waals surface area (Å²) in [6.07, 6.45) is -0.177. The lowest BCUT2D eigenvalue weighted by molar-refractivity contribution is 0.0891. The van der Waals surface area contributed by atoms with Crippen LogP contribution >= 0.6 is 8.15 Å². The highest BCUT2D eigenvalue weighted by Crippen LogP contribution is 2.47. The van der Waals surface area contributed by atoms with Crippen LogP contribution in [-0.4, -0.2) is 11.9 Å². The molecule has 0 fully saturated rings.